The van der Waals surface area contributed by atoms with E-state index in [9.17, 15) is 43.2 Å². The van der Waals surface area contributed by atoms with Crippen molar-refractivity contribution in [3.05, 3.63) is 0 Å². The molecule has 86 heavy (non-hydrogen) atoms. The summed E-state index contributed by atoms with van der Waals surface area (Å²) in [6.45, 7) is 11.7. The van der Waals surface area contributed by atoms with Crippen LogP contribution in [-0.4, -0.2) is 96.7 Å². The molecule has 0 saturated carbocycles. The number of aliphatic hydroxyl groups excluding tert-OH is 1. The number of carbonyl (C=O) groups is 4. The van der Waals surface area contributed by atoms with Gasteiger partial charge in [0.2, 0.25) is 0 Å². The molecule has 0 spiro atoms. The zero-order valence-corrected chi connectivity index (χ0v) is 57.6. The van der Waals surface area contributed by atoms with Crippen molar-refractivity contribution in [1.29, 1.82) is 0 Å². The first kappa shape index (κ1) is 84.1. The molecular formula is C67H130O17P2. The molecular weight excluding hydrogens is 1140 g/mol. The van der Waals surface area contributed by atoms with Gasteiger partial charge in [-0.15, -0.1) is 0 Å². The number of hydrogen-bond acceptors (Lipinski definition) is 15. The summed E-state index contributed by atoms with van der Waals surface area (Å²) in [6.07, 6.45) is 40.5. The number of carbonyl (C=O) groups excluding carboxylic acids is 4. The van der Waals surface area contributed by atoms with Gasteiger partial charge >= 0.3 is 39.5 Å². The molecule has 0 rings (SSSR count). The summed E-state index contributed by atoms with van der Waals surface area (Å²) in [4.78, 5) is 72.2. The Kier molecular flexibility index (Phi) is 56.9. The third-order valence-corrected chi connectivity index (χ3v) is 18.0. The van der Waals surface area contributed by atoms with E-state index in [-0.39, 0.29) is 25.7 Å². The summed E-state index contributed by atoms with van der Waals surface area (Å²) >= 11 is 0. The number of aliphatic hydroxyl groups is 1. The van der Waals surface area contributed by atoms with Crippen molar-refractivity contribution in [2.45, 2.75) is 349 Å². The monoisotopic (exact) mass is 1270 g/mol. The predicted octanol–water partition coefficient (Wildman–Crippen LogP) is 18.7. The smallest absolute Gasteiger partial charge is 0.462 e. The van der Waals surface area contributed by atoms with Gasteiger partial charge in [0.05, 0.1) is 26.4 Å². The lowest BCUT2D eigenvalue weighted by atomic mass is 9.99. The lowest BCUT2D eigenvalue weighted by molar-refractivity contribution is -0.161. The standard InChI is InChI=1S/C67H130O17P2/c1-8-11-12-13-24-34-41-48-64(69)77-54-63(84-67(72)51-44-37-30-29-33-40-47-60(7)10-3)57-82-86(75,76)80-53-61(68)52-79-85(73,74)81-56-62(55-78-65(70)49-42-35-27-23-22-25-31-38-45-58(4)5)83-66(71)50-43-36-28-21-19-17-15-14-16-18-20-26-32-39-46-59(6)9-2/h58-63,68H,8-57H2,1-7H3,(H,73,74)(H,75,76)/t59?,60?,61-,62-,63-/m1/s1. The molecule has 0 saturated heterocycles. The second-order valence-corrected chi connectivity index (χ2v) is 28.1. The fourth-order valence-corrected chi connectivity index (χ4v) is 11.5. The number of phosphoric ester groups is 2. The van der Waals surface area contributed by atoms with Crippen LogP contribution in [0.1, 0.15) is 331 Å². The molecule has 0 aliphatic carbocycles. The van der Waals surface area contributed by atoms with Crippen LogP contribution in [0.2, 0.25) is 0 Å². The molecule has 0 amide bonds. The second-order valence-electron chi connectivity index (χ2n) is 25.2. The lowest BCUT2D eigenvalue weighted by Crippen LogP contribution is -2.30. The Hall–Kier alpha value is -1.94. The van der Waals surface area contributed by atoms with Crippen LogP contribution in [0, 0.1) is 17.8 Å². The van der Waals surface area contributed by atoms with Gasteiger partial charge in [-0.25, -0.2) is 9.13 Å². The van der Waals surface area contributed by atoms with E-state index in [2.05, 4.69) is 48.5 Å². The molecule has 4 unspecified atom stereocenters. The molecule has 0 radical (unpaired) electrons. The maximum atomic E-state index is 13.0. The molecule has 0 heterocycles. The maximum Gasteiger partial charge on any atom is 0.472 e. The van der Waals surface area contributed by atoms with E-state index >= 15 is 0 Å². The van der Waals surface area contributed by atoms with Gasteiger partial charge in [0, 0.05) is 25.7 Å². The summed E-state index contributed by atoms with van der Waals surface area (Å²) in [7, 11) is -9.89. The predicted molar refractivity (Wildman–Crippen MR) is 344 cm³/mol. The van der Waals surface area contributed by atoms with Crippen molar-refractivity contribution >= 4 is 39.5 Å². The molecule has 0 aromatic heterocycles. The van der Waals surface area contributed by atoms with Gasteiger partial charge in [0.15, 0.2) is 12.2 Å². The van der Waals surface area contributed by atoms with Gasteiger partial charge in [-0.3, -0.25) is 37.3 Å². The fourth-order valence-electron chi connectivity index (χ4n) is 9.95. The van der Waals surface area contributed by atoms with E-state index in [0.717, 1.165) is 120 Å². The van der Waals surface area contributed by atoms with Crippen LogP contribution >= 0.6 is 15.6 Å². The molecule has 19 heteroatoms. The van der Waals surface area contributed by atoms with Crippen molar-refractivity contribution in [1.82, 2.24) is 0 Å². The summed E-state index contributed by atoms with van der Waals surface area (Å²) in [5.74, 6) is 0.154. The fraction of sp³-hybridized carbons (Fsp3) is 0.940. The molecule has 0 aromatic rings. The van der Waals surface area contributed by atoms with Crippen molar-refractivity contribution in [3.8, 4) is 0 Å². The van der Waals surface area contributed by atoms with E-state index in [1.807, 2.05) is 0 Å². The molecule has 0 fully saturated rings. The highest BCUT2D eigenvalue weighted by Crippen LogP contribution is 2.45. The first-order chi connectivity index (χ1) is 41.3. The van der Waals surface area contributed by atoms with Gasteiger partial charge in [-0.1, -0.05) is 280 Å². The SMILES string of the molecule is CCCCCCCCCC(=O)OC[C@H](COP(=O)(O)OC[C@H](O)COP(=O)(O)OC[C@@H](COC(=O)CCCCCCCCCCC(C)C)OC(=O)CCCCCCCCCCCCCCCCC(C)CC)OC(=O)CCCCCCCCC(C)CC. The Morgan fingerprint density at radius 3 is 0.884 bits per heavy atom. The van der Waals surface area contributed by atoms with Crippen LogP contribution in [0.5, 0.6) is 0 Å². The number of phosphoric acid groups is 2. The Bertz CT molecular complexity index is 1700. The minimum Gasteiger partial charge on any atom is -0.462 e. The van der Waals surface area contributed by atoms with Gasteiger partial charge in [0.1, 0.15) is 19.3 Å². The molecule has 0 aliphatic heterocycles. The average molecular weight is 1270 g/mol. The first-order valence-electron chi connectivity index (χ1n) is 34.9. The Labute approximate surface area is 524 Å². The Morgan fingerprint density at radius 1 is 0.337 bits per heavy atom. The first-order valence-corrected chi connectivity index (χ1v) is 37.9. The van der Waals surface area contributed by atoms with Crippen LogP contribution in [-0.2, 0) is 65.4 Å². The molecule has 510 valence electrons. The highest BCUT2D eigenvalue weighted by Gasteiger charge is 2.30. The number of ether oxygens (including phenoxy) is 4. The maximum absolute atomic E-state index is 13.0. The third kappa shape index (κ3) is 58.4. The number of rotatable bonds is 65. The molecule has 17 nitrogen and oxygen atoms in total. The Morgan fingerprint density at radius 2 is 0.593 bits per heavy atom. The number of unbranched alkanes of at least 4 members (excludes halogenated alkanes) is 31. The minimum absolute atomic E-state index is 0.102. The molecule has 3 N–H and O–H groups in total. The third-order valence-electron chi connectivity index (χ3n) is 16.1. The highest BCUT2D eigenvalue weighted by atomic mass is 31.2. The van der Waals surface area contributed by atoms with E-state index in [1.165, 1.54) is 128 Å². The van der Waals surface area contributed by atoms with Crippen molar-refractivity contribution in [2.24, 2.45) is 17.8 Å². The van der Waals surface area contributed by atoms with Gasteiger partial charge < -0.3 is 33.8 Å². The minimum atomic E-state index is -4.95. The summed E-state index contributed by atoms with van der Waals surface area (Å²) < 4.78 is 68.0. The molecule has 0 aromatic carbocycles. The summed E-state index contributed by atoms with van der Waals surface area (Å²) in [6, 6.07) is 0. The van der Waals surface area contributed by atoms with E-state index < -0.39 is 97.5 Å². The zero-order valence-electron chi connectivity index (χ0n) is 55.8. The van der Waals surface area contributed by atoms with Crippen molar-refractivity contribution in [2.75, 3.05) is 39.6 Å². The normalized spacial score (nSPS) is 14.9. The summed E-state index contributed by atoms with van der Waals surface area (Å²) in [5.41, 5.74) is 0. The largest absolute Gasteiger partial charge is 0.472 e. The van der Waals surface area contributed by atoms with Gasteiger partial charge in [-0.2, -0.15) is 0 Å². The summed E-state index contributed by atoms with van der Waals surface area (Å²) in [5, 5.41) is 10.5. The topological polar surface area (TPSA) is 237 Å². The Balaban J connectivity index is 5.19. The van der Waals surface area contributed by atoms with Gasteiger partial charge in [0.25, 0.3) is 0 Å². The van der Waals surface area contributed by atoms with Crippen LogP contribution in [0.4, 0.5) is 0 Å². The molecule has 7 atom stereocenters. The second kappa shape index (κ2) is 58.2. The van der Waals surface area contributed by atoms with Crippen molar-refractivity contribution in [3.63, 3.8) is 0 Å². The zero-order chi connectivity index (χ0) is 63.8. The molecule has 0 bridgehead atoms. The van der Waals surface area contributed by atoms with Gasteiger partial charge in [-0.05, 0) is 43.4 Å². The van der Waals surface area contributed by atoms with Crippen molar-refractivity contribution < 1.29 is 80.2 Å². The van der Waals surface area contributed by atoms with Crippen LogP contribution in [0.3, 0.4) is 0 Å². The average Bonchev–Trinajstić information content (AvgIpc) is 3.68. The van der Waals surface area contributed by atoms with E-state index in [4.69, 9.17) is 37.0 Å². The molecule has 0 aliphatic rings. The van der Waals surface area contributed by atoms with Crippen LogP contribution < -0.4 is 0 Å². The van der Waals surface area contributed by atoms with Crippen LogP contribution in [0.25, 0.3) is 0 Å². The van der Waals surface area contributed by atoms with E-state index in [0.29, 0.717) is 25.7 Å². The number of hydrogen-bond donors (Lipinski definition) is 3. The van der Waals surface area contributed by atoms with Crippen LogP contribution in [0.15, 0.2) is 0 Å². The lowest BCUT2D eigenvalue weighted by Gasteiger charge is -2.21. The number of esters is 4. The quantitative estimate of drug-likeness (QED) is 0.0222. The van der Waals surface area contributed by atoms with E-state index in [1.54, 1.807) is 0 Å². The highest BCUT2D eigenvalue weighted by molar-refractivity contribution is 7.47.